The van der Waals surface area contributed by atoms with Gasteiger partial charge >= 0.3 is 0 Å². The molecule has 1 aromatic rings. The molecule has 0 radical (unpaired) electrons. The summed E-state index contributed by atoms with van der Waals surface area (Å²) in [5.41, 5.74) is 0.537. The number of aliphatic hydroxyl groups excluding tert-OH is 1. The maximum absolute atomic E-state index is 12.9. The molecule has 3 heterocycles. The largest absolute Gasteiger partial charge is 0.396 e. The predicted octanol–water partition coefficient (Wildman–Crippen LogP) is 1.30. The number of nitrogens with zero attached hydrogens (tertiary/aromatic N) is 4. The van der Waals surface area contributed by atoms with Crippen molar-refractivity contribution in [1.82, 2.24) is 14.8 Å². The maximum atomic E-state index is 12.9. The Hall–Kier alpha value is -1.26. The van der Waals surface area contributed by atoms with Gasteiger partial charge in [-0.2, -0.15) is 0 Å². The molecule has 29 heavy (non-hydrogen) atoms. The smallest absolute Gasteiger partial charge is 0.273 e. The number of anilines is 1. The van der Waals surface area contributed by atoms with Gasteiger partial charge in [0.2, 0.25) is 0 Å². The van der Waals surface area contributed by atoms with Gasteiger partial charge < -0.3 is 24.4 Å². The van der Waals surface area contributed by atoms with Crippen molar-refractivity contribution < 1.29 is 19.4 Å². The van der Waals surface area contributed by atoms with Crippen LogP contribution in [0, 0.1) is 0 Å². The van der Waals surface area contributed by atoms with Gasteiger partial charge in [0.05, 0.1) is 12.2 Å². The van der Waals surface area contributed by atoms with Crippen LogP contribution in [0.4, 0.5) is 5.13 Å². The van der Waals surface area contributed by atoms with E-state index in [2.05, 4.69) is 14.8 Å². The Kier molecular flexibility index (Phi) is 8.68. The van der Waals surface area contributed by atoms with Crippen LogP contribution >= 0.6 is 11.3 Å². The first-order chi connectivity index (χ1) is 14.1. The third-order valence-electron chi connectivity index (χ3n) is 5.81. The highest BCUT2D eigenvalue weighted by Gasteiger charge is 2.30. The third-order valence-corrected chi connectivity index (χ3v) is 6.72. The zero-order chi connectivity index (χ0) is 20.6. The Bertz CT molecular complexity index is 624. The van der Waals surface area contributed by atoms with Gasteiger partial charge in [-0.15, -0.1) is 11.3 Å². The van der Waals surface area contributed by atoms with Crippen LogP contribution in [-0.4, -0.2) is 105 Å². The molecular formula is C20H34N4O4S. The number of unbranched alkanes of at least 4 members (excludes halogenated alkanes) is 2. The van der Waals surface area contributed by atoms with Gasteiger partial charge in [0, 0.05) is 71.9 Å². The van der Waals surface area contributed by atoms with Gasteiger partial charge in [-0.1, -0.05) is 0 Å². The van der Waals surface area contributed by atoms with Crippen LogP contribution in [0.3, 0.4) is 0 Å². The van der Waals surface area contributed by atoms with Crippen LogP contribution in [-0.2, 0) is 9.47 Å². The molecule has 1 N–H and O–H groups in total. The van der Waals surface area contributed by atoms with E-state index in [0.29, 0.717) is 5.69 Å². The molecule has 9 heteroatoms. The average Bonchev–Trinajstić information content (AvgIpc) is 3.26. The van der Waals surface area contributed by atoms with Gasteiger partial charge in [0.15, 0.2) is 5.13 Å². The van der Waals surface area contributed by atoms with E-state index in [1.807, 2.05) is 10.3 Å². The molecule has 2 fully saturated rings. The molecular weight excluding hydrogens is 392 g/mol. The lowest BCUT2D eigenvalue weighted by atomic mass is 10.1. The molecule has 2 aliphatic heterocycles. The second kappa shape index (κ2) is 11.2. The number of rotatable bonds is 9. The summed E-state index contributed by atoms with van der Waals surface area (Å²) < 4.78 is 11.1. The fraction of sp³-hybridized carbons (Fsp3) is 0.800. The van der Waals surface area contributed by atoms with Gasteiger partial charge in [0.1, 0.15) is 5.69 Å². The number of methoxy groups -OCH3 is 2. The van der Waals surface area contributed by atoms with Crippen LogP contribution in [0.2, 0.25) is 0 Å². The molecule has 0 aromatic carbocycles. The van der Waals surface area contributed by atoms with E-state index in [1.165, 1.54) is 11.3 Å². The topological polar surface area (TPSA) is 78.4 Å². The molecule has 0 bridgehead atoms. The number of carbonyl (C=O) groups excluding carboxylic acids is 1. The molecule has 0 spiro atoms. The summed E-state index contributed by atoms with van der Waals surface area (Å²) in [4.78, 5) is 24.0. The number of aliphatic hydroxyl groups is 1. The number of aromatic nitrogens is 1. The van der Waals surface area contributed by atoms with E-state index in [1.54, 1.807) is 14.2 Å². The van der Waals surface area contributed by atoms with Crippen molar-refractivity contribution in [1.29, 1.82) is 0 Å². The lowest BCUT2D eigenvalue weighted by molar-refractivity contribution is 0.0109. The molecule has 3 rings (SSSR count). The Labute approximate surface area is 177 Å². The summed E-state index contributed by atoms with van der Waals surface area (Å²) in [5, 5.41) is 11.6. The van der Waals surface area contributed by atoms with Crippen molar-refractivity contribution in [3.05, 3.63) is 11.1 Å². The number of hydrogen-bond donors (Lipinski definition) is 1. The molecule has 2 atom stereocenters. The molecule has 8 nitrogen and oxygen atoms in total. The quantitative estimate of drug-likeness (QED) is 0.597. The zero-order valence-electron chi connectivity index (χ0n) is 17.6. The summed E-state index contributed by atoms with van der Waals surface area (Å²) in [7, 11) is 3.45. The number of thiazole rings is 1. The monoisotopic (exact) mass is 426 g/mol. The van der Waals surface area contributed by atoms with Crippen molar-refractivity contribution in [2.24, 2.45) is 0 Å². The van der Waals surface area contributed by atoms with Crippen molar-refractivity contribution >= 4 is 22.4 Å². The highest BCUT2D eigenvalue weighted by molar-refractivity contribution is 7.13. The first kappa shape index (κ1) is 22.4. The fourth-order valence-electron chi connectivity index (χ4n) is 3.97. The Morgan fingerprint density at radius 2 is 1.83 bits per heavy atom. The average molecular weight is 427 g/mol. The molecule has 0 aliphatic carbocycles. The van der Waals surface area contributed by atoms with Gasteiger partial charge in [-0.25, -0.2) is 4.98 Å². The predicted molar refractivity (Wildman–Crippen MR) is 114 cm³/mol. The van der Waals surface area contributed by atoms with E-state index in [0.717, 1.165) is 76.6 Å². The fourth-order valence-corrected chi connectivity index (χ4v) is 4.79. The number of ether oxygens (including phenoxy) is 2. The van der Waals surface area contributed by atoms with Gasteiger partial charge in [-0.05, 0) is 25.8 Å². The van der Waals surface area contributed by atoms with Gasteiger partial charge in [-0.3, -0.25) is 9.69 Å². The SMILES string of the molecule is CO[C@@H]1C[C@@H](OC)CN(c2nc(C(=O)N3CCN(CCCCCO)CC3)cs2)C1. The zero-order valence-corrected chi connectivity index (χ0v) is 18.4. The van der Waals surface area contributed by atoms with E-state index < -0.39 is 0 Å². The first-order valence-corrected chi connectivity index (χ1v) is 11.4. The first-order valence-electron chi connectivity index (χ1n) is 10.5. The lowest BCUT2D eigenvalue weighted by Crippen LogP contribution is -2.49. The minimum atomic E-state index is 0.0241. The van der Waals surface area contributed by atoms with E-state index in [4.69, 9.17) is 14.6 Å². The molecule has 0 unspecified atom stereocenters. The molecule has 1 aromatic heterocycles. The van der Waals surface area contributed by atoms with Crippen molar-refractivity contribution in [2.75, 3.05) is 71.5 Å². The highest BCUT2D eigenvalue weighted by atomic mass is 32.1. The van der Waals surface area contributed by atoms with Crippen LogP contribution in [0.1, 0.15) is 36.2 Å². The maximum Gasteiger partial charge on any atom is 0.273 e. The summed E-state index contributed by atoms with van der Waals surface area (Å²) >= 11 is 1.52. The number of carbonyl (C=O) groups is 1. The molecule has 2 aliphatic rings. The summed E-state index contributed by atoms with van der Waals surface area (Å²) in [6.07, 6.45) is 4.14. The Morgan fingerprint density at radius 3 is 2.45 bits per heavy atom. The third kappa shape index (κ3) is 6.11. The van der Waals surface area contributed by atoms with Crippen molar-refractivity contribution in [3.63, 3.8) is 0 Å². The van der Waals surface area contributed by atoms with E-state index in [-0.39, 0.29) is 24.7 Å². The molecule has 0 saturated carbocycles. The summed E-state index contributed by atoms with van der Waals surface area (Å²) in [6.45, 7) is 6.14. The Morgan fingerprint density at radius 1 is 1.14 bits per heavy atom. The standard InChI is InChI=1S/C20H34N4O4S/c1-27-16-12-17(28-2)14-24(13-16)20-21-18(15-29-20)19(26)23-9-7-22(8-10-23)6-4-3-5-11-25/h15-17,25H,3-14H2,1-2H3/t16-,17-/m1/s1. The van der Waals surface area contributed by atoms with Gasteiger partial charge in [0.25, 0.3) is 5.91 Å². The molecule has 2 saturated heterocycles. The number of piperidine rings is 1. The second-order valence-electron chi connectivity index (χ2n) is 7.79. The van der Waals surface area contributed by atoms with Crippen LogP contribution in [0.5, 0.6) is 0 Å². The van der Waals surface area contributed by atoms with Crippen LogP contribution < -0.4 is 4.90 Å². The Balaban J connectivity index is 1.51. The summed E-state index contributed by atoms with van der Waals surface area (Å²) in [5.74, 6) is 0.0241. The second-order valence-corrected chi connectivity index (χ2v) is 8.63. The van der Waals surface area contributed by atoms with E-state index >= 15 is 0 Å². The molecule has 1 amide bonds. The number of amides is 1. The highest BCUT2D eigenvalue weighted by Crippen LogP contribution is 2.26. The lowest BCUT2D eigenvalue weighted by Gasteiger charge is -2.36. The number of piperazine rings is 1. The van der Waals surface area contributed by atoms with Crippen LogP contribution in [0.15, 0.2) is 5.38 Å². The van der Waals surface area contributed by atoms with E-state index in [9.17, 15) is 4.79 Å². The number of hydrogen-bond acceptors (Lipinski definition) is 8. The minimum Gasteiger partial charge on any atom is -0.396 e. The van der Waals surface area contributed by atoms with Crippen molar-refractivity contribution in [2.45, 2.75) is 37.9 Å². The normalized spacial score (nSPS) is 23.6. The minimum absolute atomic E-state index is 0.0241. The summed E-state index contributed by atoms with van der Waals surface area (Å²) in [6, 6.07) is 0. The van der Waals surface area contributed by atoms with Crippen LogP contribution in [0.25, 0.3) is 0 Å². The van der Waals surface area contributed by atoms with Crippen molar-refractivity contribution in [3.8, 4) is 0 Å². The molecule has 164 valence electrons.